The number of nitrogens with zero attached hydrogens (tertiary/aromatic N) is 2. The molecule has 0 atom stereocenters. The first kappa shape index (κ1) is 14.0. The van der Waals surface area contributed by atoms with Crippen LogP contribution in [0, 0.1) is 20.2 Å². The van der Waals surface area contributed by atoms with E-state index in [0.717, 1.165) is 12.1 Å². The lowest BCUT2D eigenvalue weighted by molar-refractivity contribution is -0.416. The van der Waals surface area contributed by atoms with E-state index in [2.05, 4.69) is 5.32 Å². The predicted molar refractivity (Wildman–Crippen MR) is 65.9 cm³/mol. The van der Waals surface area contributed by atoms with Crippen LogP contribution in [0.2, 0.25) is 0 Å². The van der Waals surface area contributed by atoms with Crippen LogP contribution in [-0.4, -0.2) is 15.8 Å². The minimum Gasteiger partial charge on any atom is -0.863 e. The molecular formula is C11H6N3O7-. The van der Waals surface area contributed by atoms with Gasteiger partial charge < -0.3 is 14.8 Å². The van der Waals surface area contributed by atoms with Crippen molar-refractivity contribution in [3.8, 4) is 5.75 Å². The van der Waals surface area contributed by atoms with Gasteiger partial charge in [-0.15, -0.1) is 0 Å². The molecule has 0 unspecified atom stereocenters. The van der Waals surface area contributed by atoms with Crippen molar-refractivity contribution in [1.29, 1.82) is 0 Å². The highest BCUT2D eigenvalue weighted by atomic mass is 16.6. The van der Waals surface area contributed by atoms with E-state index in [0.29, 0.717) is 0 Å². The topological polar surface area (TPSA) is 152 Å². The maximum absolute atomic E-state index is 11.7. The highest BCUT2D eigenvalue weighted by Crippen LogP contribution is 2.36. The molecule has 1 N–H and O–H groups in total. The Hall–Kier alpha value is -3.43. The van der Waals surface area contributed by atoms with Crippen molar-refractivity contribution in [3.63, 3.8) is 0 Å². The maximum Gasteiger partial charge on any atom is 0.291 e. The molecule has 21 heavy (non-hydrogen) atoms. The molecule has 108 valence electrons. The Morgan fingerprint density at radius 2 is 1.71 bits per heavy atom. The van der Waals surface area contributed by atoms with Gasteiger partial charge in [0.2, 0.25) is 0 Å². The molecule has 2 aromatic rings. The van der Waals surface area contributed by atoms with E-state index in [1.165, 1.54) is 18.4 Å². The third kappa shape index (κ3) is 2.78. The van der Waals surface area contributed by atoms with Crippen LogP contribution in [0.15, 0.2) is 34.9 Å². The summed E-state index contributed by atoms with van der Waals surface area (Å²) in [5.41, 5.74) is -2.26. The van der Waals surface area contributed by atoms with E-state index in [9.17, 15) is 30.1 Å². The summed E-state index contributed by atoms with van der Waals surface area (Å²) in [6, 6.07) is 4.27. The average Bonchev–Trinajstić information content (AvgIpc) is 2.93. The maximum atomic E-state index is 11.7. The van der Waals surface area contributed by atoms with E-state index in [1.54, 1.807) is 0 Å². The Kier molecular flexibility index (Phi) is 3.52. The van der Waals surface area contributed by atoms with Crippen molar-refractivity contribution in [3.05, 3.63) is 56.5 Å². The molecule has 0 spiro atoms. The third-order valence-corrected chi connectivity index (χ3v) is 2.45. The number of carbonyl (C=O) groups excluding carboxylic acids is 1. The van der Waals surface area contributed by atoms with Crippen molar-refractivity contribution >= 4 is 23.0 Å². The van der Waals surface area contributed by atoms with Gasteiger partial charge in [0.05, 0.1) is 27.5 Å². The Morgan fingerprint density at radius 3 is 2.14 bits per heavy atom. The summed E-state index contributed by atoms with van der Waals surface area (Å²) in [6.07, 6.45) is 1.24. The fourth-order valence-electron chi connectivity index (χ4n) is 1.54. The molecule has 1 amide bonds. The van der Waals surface area contributed by atoms with E-state index >= 15 is 0 Å². The zero-order valence-electron chi connectivity index (χ0n) is 10.1. The number of carbonyl (C=O) groups is 1. The van der Waals surface area contributed by atoms with Gasteiger partial charge in [-0.3, -0.25) is 25.0 Å². The second kappa shape index (κ2) is 5.28. The van der Waals surface area contributed by atoms with Crippen LogP contribution in [0.4, 0.5) is 17.1 Å². The molecule has 0 aliphatic rings. The van der Waals surface area contributed by atoms with Crippen LogP contribution >= 0.6 is 0 Å². The zero-order valence-corrected chi connectivity index (χ0v) is 10.1. The molecule has 2 rings (SSSR count). The van der Waals surface area contributed by atoms with Gasteiger partial charge in [0.25, 0.3) is 17.3 Å². The van der Waals surface area contributed by atoms with Crippen molar-refractivity contribution in [2.45, 2.75) is 0 Å². The number of amides is 1. The number of hydrogen-bond donors (Lipinski definition) is 1. The second-order valence-electron chi connectivity index (χ2n) is 3.79. The number of nitrogens with one attached hydrogen (secondary N) is 1. The first-order valence-corrected chi connectivity index (χ1v) is 5.39. The number of rotatable bonds is 4. The van der Waals surface area contributed by atoms with Gasteiger partial charge in [0.15, 0.2) is 5.76 Å². The molecular weight excluding hydrogens is 286 g/mol. The zero-order chi connectivity index (χ0) is 15.6. The van der Waals surface area contributed by atoms with Crippen LogP contribution in [0.25, 0.3) is 0 Å². The summed E-state index contributed by atoms with van der Waals surface area (Å²) in [6.45, 7) is 0. The Labute approximate surface area is 115 Å². The highest BCUT2D eigenvalue weighted by Gasteiger charge is 2.21. The van der Waals surface area contributed by atoms with E-state index in [4.69, 9.17) is 4.42 Å². The van der Waals surface area contributed by atoms with E-state index in [1.807, 2.05) is 0 Å². The molecule has 10 heteroatoms. The molecule has 0 radical (unpaired) electrons. The molecule has 1 aromatic heterocycles. The van der Waals surface area contributed by atoms with Crippen LogP contribution in [-0.2, 0) is 0 Å². The van der Waals surface area contributed by atoms with Gasteiger partial charge in [-0.25, -0.2) is 0 Å². The van der Waals surface area contributed by atoms with E-state index in [-0.39, 0.29) is 11.4 Å². The number of nitro groups is 2. The Balaban J connectivity index is 2.42. The first-order valence-electron chi connectivity index (χ1n) is 5.39. The fraction of sp³-hybridized carbons (Fsp3) is 0. The second-order valence-corrected chi connectivity index (χ2v) is 3.79. The summed E-state index contributed by atoms with van der Waals surface area (Å²) in [5.74, 6) is -2.19. The largest absolute Gasteiger partial charge is 0.863 e. The monoisotopic (exact) mass is 292 g/mol. The molecule has 1 heterocycles. The van der Waals surface area contributed by atoms with Gasteiger partial charge in [0, 0.05) is 12.1 Å². The first-order chi connectivity index (χ1) is 9.90. The molecule has 0 bridgehead atoms. The number of nitro benzene ring substituents is 2. The number of hydrogen-bond acceptors (Lipinski definition) is 7. The quantitative estimate of drug-likeness (QED) is 0.660. The van der Waals surface area contributed by atoms with Crippen molar-refractivity contribution in [2.75, 3.05) is 5.32 Å². The number of furan rings is 1. The summed E-state index contributed by atoms with van der Waals surface area (Å²) < 4.78 is 4.81. The molecule has 0 aliphatic carbocycles. The lowest BCUT2D eigenvalue weighted by Gasteiger charge is -2.10. The molecule has 0 aliphatic heterocycles. The van der Waals surface area contributed by atoms with Crippen LogP contribution in [0.5, 0.6) is 5.75 Å². The van der Waals surface area contributed by atoms with Gasteiger partial charge in [-0.2, -0.15) is 0 Å². The average molecular weight is 292 g/mol. The van der Waals surface area contributed by atoms with E-state index < -0.39 is 32.9 Å². The summed E-state index contributed by atoms with van der Waals surface area (Å²) >= 11 is 0. The molecule has 0 fully saturated rings. The van der Waals surface area contributed by atoms with Crippen molar-refractivity contribution < 1.29 is 24.2 Å². The summed E-state index contributed by atoms with van der Waals surface area (Å²) in [5, 5.41) is 35.1. The van der Waals surface area contributed by atoms with Crippen molar-refractivity contribution in [1.82, 2.24) is 0 Å². The fourth-order valence-corrected chi connectivity index (χ4v) is 1.54. The SMILES string of the molecule is O=C(Nc1cc([N+](=O)[O-])c([O-])c([N+](=O)[O-])c1)c1ccco1. The predicted octanol–water partition coefficient (Wildman–Crippen LogP) is 1.42. The summed E-state index contributed by atoms with van der Waals surface area (Å²) in [7, 11) is 0. The standard InChI is InChI=1S/C11H7N3O7/c15-10-7(13(17)18)4-6(5-8(10)14(19)20)12-11(16)9-2-1-3-21-9/h1-5,15H,(H,12,16)/p-1. The number of anilines is 1. The number of benzene rings is 1. The van der Waals surface area contributed by atoms with Crippen LogP contribution in [0.1, 0.15) is 10.6 Å². The van der Waals surface area contributed by atoms with Gasteiger partial charge in [-0.1, -0.05) is 0 Å². The third-order valence-electron chi connectivity index (χ3n) is 2.45. The van der Waals surface area contributed by atoms with Gasteiger partial charge in [0.1, 0.15) is 0 Å². The highest BCUT2D eigenvalue weighted by molar-refractivity contribution is 6.02. The summed E-state index contributed by atoms with van der Waals surface area (Å²) in [4.78, 5) is 31.0. The molecule has 1 aromatic carbocycles. The smallest absolute Gasteiger partial charge is 0.291 e. The van der Waals surface area contributed by atoms with Crippen molar-refractivity contribution in [2.24, 2.45) is 0 Å². The normalized spacial score (nSPS) is 10.1. The van der Waals surface area contributed by atoms with Gasteiger partial charge in [-0.05, 0) is 12.1 Å². The minimum atomic E-state index is -1.33. The Morgan fingerprint density at radius 1 is 1.14 bits per heavy atom. The lowest BCUT2D eigenvalue weighted by atomic mass is 10.2. The molecule has 0 saturated heterocycles. The van der Waals surface area contributed by atoms with Crippen LogP contribution < -0.4 is 10.4 Å². The molecule has 0 saturated carbocycles. The molecule has 10 nitrogen and oxygen atoms in total. The minimum absolute atomic E-state index is 0.0912. The lowest BCUT2D eigenvalue weighted by Crippen LogP contribution is -2.12. The van der Waals surface area contributed by atoms with Crippen LogP contribution in [0.3, 0.4) is 0 Å². The van der Waals surface area contributed by atoms with Gasteiger partial charge >= 0.3 is 0 Å². The Bertz CT molecular complexity index is 688.